The second-order valence-electron chi connectivity index (χ2n) is 4.36. The van der Waals surface area contributed by atoms with E-state index in [2.05, 4.69) is 10.2 Å². The predicted molar refractivity (Wildman–Crippen MR) is 67.2 cm³/mol. The Balaban J connectivity index is 1.83. The third-order valence-corrected chi connectivity index (χ3v) is 5.51. The number of aliphatic hydroxyl groups is 1. The monoisotopic (exact) mass is 292 g/mol. The van der Waals surface area contributed by atoms with E-state index in [1.807, 2.05) is 0 Å². The maximum atomic E-state index is 11.3. The molecule has 1 fully saturated rings. The number of rotatable bonds is 6. The van der Waals surface area contributed by atoms with Crippen molar-refractivity contribution in [3.05, 3.63) is 5.89 Å². The summed E-state index contributed by atoms with van der Waals surface area (Å²) in [5.41, 5.74) is 0. The summed E-state index contributed by atoms with van der Waals surface area (Å²) in [6.45, 7) is 0.147. The quantitative estimate of drug-likeness (QED) is 0.603. The second kappa shape index (κ2) is 6.03. The maximum Gasteiger partial charge on any atom is 0.276 e. The minimum absolute atomic E-state index is 0.103. The van der Waals surface area contributed by atoms with E-state index in [0.29, 0.717) is 30.4 Å². The molecule has 1 atom stereocenters. The molecule has 0 amide bonds. The lowest BCUT2D eigenvalue weighted by molar-refractivity contribution is 0.296. The van der Waals surface area contributed by atoms with Crippen LogP contribution in [-0.2, 0) is 16.3 Å². The number of hydrogen-bond donors (Lipinski definition) is 1. The van der Waals surface area contributed by atoms with Crippen LogP contribution in [0.5, 0.6) is 0 Å². The fourth-order valence-corrected chi connectivity index (χ4v) is 4.45. The standard InChI is InChI=1S/C10H16N2O4S2/c13-3-1-4-17-10-12-11-9(16-10)6-8-2-5-18(14,15)7-8/h8,13H,1-7H2/t8-/m0/s1. The molecule has 18 heavy (non-hydrogen) atoms. The lowest BCUT2D eigenvalue weighted by atomic mass is 10.1. The van der Waals surface area contributed by atoms with Gasteiger partial charge in [-0.2, -0.15) is 0 Å². The highest BCUT2D eigenvalue weighted by atomic mass is 32.2. The average molecular weight is 292 g/mol. The summed E-state index contributed by atoms with van der Waals surface area (Å²) < 4.78 is 28.1. The van der Waals surface area contributed by atoms with Gasteiger partial charge in [-0.05, 0) is 18.8 Å². The van der Waals surface area contributed by atoms with Crippen molar-refractivity contribution >= 4 is 21.6 Å². The Bertz CT molecular complexity index is 486. The Labute approximate surface area is 110 Å². The van der Waals surface area contributed by atoms with E-state index < -0.39 is 9.84 Å². The summed E-state index contributed by atoms with van der Waals surface area (Å²) in [7, 11) is -2.85. The van der Waals surface area contributed by atoms with E-state index in [0.717, 1.165) is 5.75 Å². The van der Waals surface area contributed by atoms with E-state index in [4.69, 9.17) is 9.52 Å². The van der Waals surface area contributed by atoms with E-state index in [1.165, 1.54) is 11.8 Å². The maximum absolute atomic E-state index is 11.3. The summed E-state index contributed by atoms with van der Waals surface area (Å²) >= 11 is 1.41. The highest BCUT2D eigenvalue weighted by molar-refractivity contribution is 7.99. The molecule has 0 aromatic carbocycles. The molecule has 0 aliphatic carbocycles. The van der Waals surface area contributed by atoms with Crippen molar-refractivity contribution in [1.82, 2.24) is 10.2 Å². The molecule has 1 aliphatic heterocycles. The van der Waals surface area contributed by atoms with Crippen LogP contribution in [0, 0.1) is 5.92 Å². The second-order valence-corrected chi connectivity index (χ2v) is 7.64. The Hall–Kier alpha value is -0.600. The molecular weight excluding hydrogens is 276 g/mol. The van der Waals surface area contributed by atoms with Crippen LogP contribution in [0.4, 0.5) is 0 Å². The van der Waals surface area contributed by atoms with E-state index in [-0.39, 0.29) is 24.0 Å². The molecule has 1 aliphatic rings. The van der Waals surface area contributed by atoms with Gasteiger partial charge in [0.2, 0.25) is 5.89 Å². The van der Waals surface area contributed by atoms with Gasteiger partial charge < -0.3 is 9.52 Å². The molecule has 1 N–H and O–H groups in total. The third kappa shape index (κ3) is 3.96. The number of thioether (sulfide) groups is 1. The number of sulfone groups is 1. The Morgan fingerprint density at radius 1 is 1.44 bits per heavy atom. The van der Waals surface area contributed by atoms with Crippen molar-refractivity contribution in [3.63, 3.8) is 0 Å². The fraction of sp³-hybridized carbons (Fsp3) is 0.800. The number of aliphatic hydroxyl groups excluding tert-OH is 1. The first-order chi connectivity index (χ1) is 8.59. The van der Waals surface area contributed by atoms with Crippen molar-refractivity contribution < 1.29 is 17.9 Å². The van der Waals surface area contributed by atoms with Gasteiger partial charge in [0.25, 0.3) is 5.22 Å². The molecule has 1 aromatic rings. The van der Waals surface area contributed by atoms with E-state index in [1.54, 1.807) is 0 Å². The first kappa shape index (κ1) is 13.8. The molecule has 6 nitrogen and oxygen atoms in total. The Kier molecular flexibility index (Phi) is 4.63. The minimum Gasteiger partial charge on any atom is -0.416 e. The Morgan fingerprint density at radius 2 is 2.28 bits per heavy atom. The molecule has 102 valence electrons. The molecule has 2 rings (SSSR count). The third-order valence-electron chi connectivity index (χ3n) is 2.77. The van der Waals surface area contributed by atoms with Crippen LogP contribution in [0.15, 0.2) is 9.64 Å². The molecule has 0 bridgehead atoms. The van der Waals surface area contributed by atoms with Gasteiger partial charge in [0, 0.05) is 18.8 Å². The highest BCUT2D eigenvalue weighted by Crippen LogP contribution is 2.24. The zero-order valence-corrected chi connectivity index (χ0v) is 11.5. The molecule has 0 spiro atoms. The van der Waals surface area contributed by atoms with E-state index >= 15 is 0 Å². The summed E-state index contributed by atoms with van der Waals surface area (Å²) in [6, 6.07) is 0. The fourth-order valence-electron chi connectivity index (χ4n) is 1.88. The van der Waals surface area contributed by atoms with Crippen LogP contribution in [0.1, 0.15) is 18.7 Å². The average Bonchev–Trinajstić information content (AvgIpc) is 2.87. The molecule has 0 unspecified atom stereocenters. The van der Waals surface area contributed by atoms with Crippen molar-refractivity contribution in [3.8, 4) is 0 Å². The van der Waals surface area contributed by atoms with Gasteiger partial charge in [0.15, 0.2) is 9.84 Å². The van der Waals surface area contributed by atoms with Crippen LogP contribution in [0.3, 0.4) is 0 Å². The smallest absolute Gasteiger partial charge is 0.276 e. The predicted octanol–water partition coefficient (Wildman–Crippen LogP) is 0.521. The normalized spacial score (nSPS) is 22.4. The number of nitrogens with zero attached hydrogens (tertiary/aromatic N) is 2. The van der Waals surface area contributed by atoms with Crippen molar-refractivity contribution in [2.45, 2.75) is 24.5 Å². The lowest BCUT2D eigenvalue weighted by Gasteiger charge is -2.01. The van der Waals surface area contributed by atoms with Crippen molar-refractivity contribution in [2.24, 2.45) is 5.92 Å². The summed E-state index contributed by atoms with van der Waals surface area (Å²) in [5, 5.41) is 16.9. The zero-order valence-electron chi connectivity index (χ0n) is 9.91. The summed E-state index contributed by atoms with van der Waals surface area (Å²) in [6.07, 6.45) is 1.90. The minimum atomic E-state index is -2.85. The van der Waals surface area contributed by atoms with Gasteiger partial charge in [-0.15, -0.1) is 10.2 Å². The number of aromatic nitrogens is 2. The Morgan fingerprint density at radius 3 is 2.94 bits per heavy atom. The van der Waals surface area contributed by atoms with Gasteiger partial charge in [-0.3, -0.25) is 0 Å². The van der Waals surface area contributed by atoms with Crippen LogP contribution in [0.2, 0.25) is 0 Å². The van der Waals surface area contributed by atoms with Crippen molar-refractivity contribution in [1.29, 1.82) is 0 Å². The van der Waals surface area contributed by atoms with Gasteiger partial charge in [-0.1, -0.05) is 11.8 Å². The van der Waals surface area contributed by atoms with Gasteiger partial charge in [0.1, 0.15) is 0 Å². The molecular formula is C10H16N2O4S2. The van der Waals surface area contributed by atoms with Gasteiger partial charge in [-0.25, -0.2) is 8.42 Å². The van der Waals surface area contributed by atoms with Crippen LogP contribution >= 0.6 is 11.8 Å². The summed E-state index contributed by atoms with van der Waals surface area (Å²) in [4.78, 5) is 0. The van der Waals surface area contributed by atoms with Gasteiger partial charge in [0.05, 0.1) is 11.5 Å². The highest BCUT2D eigenvalue weighted by Gasteiger charge is 2.29. The first-order valence-corrected chi connectivity index (χ1v) is 8.66. The zero-order chi connectivity index (χ0) is 13.0. The molecule has 0 radical (unpaired) electrons. The van der Waals surface area contributed by atoms with Crippen LogP contribution in [0.25, 0.3) is 0 Å². The summed E-state index contributed by atoms with van der Waals surface area (Å²) in [5.74, 6) is 1.83. The van der Waals surface area contributed by atoms with Crippen molar-refractivity contribution in [2.75, 3.05) is 23.9 Å². The van der Waals surface area contributed by atoms with Crippen LogP contribution in [-0.4, -0.2) is 47.6 Å². The van der Waals surface area contributed by atoms with Gasteiger partial charge >= 0.3 is 0 Å². The van der Waals surface area contributed by atoms with E-state index in [9.17, 15) is 8.42 Å². The SMILES string of the molecule is O=S1(=O)CC[C@@H](Cc2nnc(SCCCO)o2)C1. The number of hydrogen-bond acceptors (Lipinski definition) is 7. The molecule has 1 aromatic heterocycles. The molecule has 2 heterocycles. The van der Waals surface area contributed by atoms with Crippen LogP contribution < -0.4 is 0 Å². The molecule has 0 saturated carbocycles. The largest absolute Gasteiger partial charge is 0.416 e. The first-order valence-electron chi connectivity index (χ1n) is 5.85. The molecule has 8 heteroatoms. The molecule has 1 saturated heterocycles. The lowest BCUT2D eigenvalue weighted by Crippen LogP contribution is -2.07. The topological polar surface area (TPSA) is 93.3 Å².